The number of carbonyl (C=O) groups excluding carboxylic acids is 1. The molecule has 5 heteroatoms. The van der Waals surface area contributed by atoms with Crippen molar-refractivity contribution in [1.82, 2.24) is 0 Å². The molecule has 0 amide bonds. The average molecular weight is 299 g/mol. The molecule has 20 heavy (non-hydrogen) atoms. The van der Waals surface area contributed by atoms with Crippen LogP contribution in [-0.2, 0) is 14.3 Å². The molecule has 114 valence electrons. The monoisotopic (exact) mass is 299 g/mol. The molecule has 0 aliphatic heterocycles. The molecule has 0 fully saturated rings. The first kappa shape index (κ1) is 21.3. The molecule has 0 saturated heterocycles. The Morgan fingerprint density at radius 2 is 1.80 bits per heavy atom. The van der Waals surface area contributed by atoms with E-state index < -0.39 is 0 Å². The van der Waals surface area contributed by atoms with E-state index in [2.05, 4.69) is 24.5 Å². The lowest BCUT2D eigenvalue weighted by Crippen LogP contribution is -2.11. The highest BCUT2D eigenvalue weighted by Crippen LogP contribution is 1.96. The maximum Gasteiger partial charge on any atom is 0.154 e. The van der Waals surface area contributed by atoms with Gasteiger partial charge in [0.1, 0.15) is 6.29 Å². The summed E-state index contributed by atoms with van der Waals surface area (Å²) in [6.45, 7) is 7.25. The van der Waals surface area contributed by atoms with Gasteiger partial charge < -0.3 is 14.3 Å². The number of nitrogens with zero attached hydrogens (tertiary/aromatic N) is 1. The number of carbonyl (C=O) groups is 1. The Kier molecular flexibility index (Phi) is 19.2. The van der Waals surface area contributed by atoms with Gasteiger partial charge in [-0.2, -0.15) is 17.9 Å². The van der Waals surface area contributed by atoms with Crippen molar-refractivity contribution < 1.29 is 14.3 Å². The van der Waals surface area contributed by atoms with Gasteiger partial charge >= 0.3 is 0 Å². The highest BCUT2D eigenvalue weighted by Gasteiger charge is 1.95. The molecule has 0 heterocycles. The van der Waals surface area contributed by atoms with Gasteiger partial charge in [-0.3, -0.25) is 0 Å². The second-order valence-electron chi connectivity index (χ2n) is 3.75. The summed E-state index contributed by atoms with van der Waals surface area (Å²) in [6.07, 6.45) is 3.32. The zero-order valence-corrected chi connectivity index (χ0v) is 13.5. The van der Waals surface area contributed by atoms with Crippen LogP contribution in [0.4, 0.5) is 0 Å². The van der Waals surface area contributed by atoms with E-state index >= 15 is 0 Å². The maximum atomic E-state index is 10.1. The van der Waals surface area contributed by atoms with E-state index in [1.807, 2.05) is 26.8 Å². The topological polar surface area (TPSA) is 59.3 Å². The molecular weight excluding hydrogens is 274 g/mol. The van der Waals surface area contributed by atoms with Crippen LogP contribution in [0.1, 0.15) is 46.5 Å². The maximum absolute atomic E-state index is 10.1. The Hall–Kier alpha value is -1.01. The van der Waals surface area contributed by atoms with Gasteiger partial charge in [0.25, 0.3) is 0 Å². The van der Waals surface area contributed by atoms with Crippen LogP contribution in [0.15, 0.2) is 0 Å². The zero-order chi connectivity index (χ0) is 15.6. The van der Waals surface area contributed by atoms with Gasteiger partial charge in [-0.15, -0.1) is 11.8 Å². The van der Waals surface area contributed by atoms with E-state index in [1.54, 1.807) is 0 Å². The summed E-state index contributed by atoms with van der Waals surface area (Å²) < 4.78 is 10.1. The minimum atomic E-state index is -0.270. The van der Waals surface area contributed by atoms with Crippen molar-refractivity contribution in [2.75, 3.05) is 13.2 Å². The SMILES string of the molecule is CCOC(C)OCC.N#CCCCC#CCC(S)C=O. The fraction of sp³-hybridized carbons (Fsp3) is 0.733. The smallest absolute Gasteiger partial charge is 0.154 e. The molecule has 0 aromatic rings. The first-order valence-electron chi connectivity index (χ1n) is 6.81. The van der Waals surface area contributed by atoms with Crippen LogP contribution in [0.2, 0.25) is 0 Å². The van der Waals surface area contributed by atoms with Crippen LogP contribution >= 0.6 is 12.6 Å². The molecular formula is C15H25NO3S. The molecule has 4 nitrogen and oxygen atoms in total. The van der Waals surface area contributed by atoms with Crippen molar-refractivity contribution in [1.29, 1.82) is 5.26 Å². The normalized spacial score (nSPS) is 10.6. The quantitative estimate of drug-likeness (QED) is 0.246. The van der Waals surface area contributed by atoms with Crippen molar-refractivity contribution in [2.45, 2.75) is 58.0 Å². The number of unbranched alkanes of at least 4 members (excludes halogenated alkanes) is 2. The molecule has 0 rings (SSSR count). The average Bonchev–Trinajstić information content (AvgIpc) is 2.43. The molecule has 0 bridgehead atoms. The minimum absolute atomic E-state index is 0.0370. The molecule has 0 spiro atoms. The van der Waals surface area contributed by atoms with Gasteiger partial charge in [-0.05, 0) is 27.2 Å². The summed E-state index contributed by atoms with van der Waals surface area (Å²) in [6, 6.07) is 2.04. The fourth-order valence-corrected chi connectivity index (χ4v) is 1.18. The summed E-state index contributed by atoms with van der Waals surface area (Å²) in [7, 11) is 0. The third-order valence-electron chi connectivity index (χ3n) is 1.99. The van der Waals surface area contributed by atoms with Crippen LogP contribution < -0.4 is 0 Å². The summed E-state index contributed by atoms with van der Waals surface area (Å²) in [5.41, 5.74) is 0. The molecule has 1 atom stereocenters. The number of rotatable bonds is 8. The molecule has 1 unspecified atom stereocenters. The largest absolute Gasteiger partial charge is 0.353 e. The molecule has 0 aromatic heterocycles. The van der Waals surface area contributed by atoms with E-state index in [9.17, 15) is 4.79 Å². The lowest BCUT2D eigenvalue weighted by molar-refractivity contribution is -0.123. The fourth-order valence-electron chi connectivity index (χ4n) is 1.09. The van der Waals surface area contributed by atoms with Gasteiger partial charge in [0, 0.05) is 32.5 Å². The predicted molar refractivity (Wildman–Crippen MR) is 83.4 cm³/mol. The number of hydrogen-bond acceptors (Lipinski definition) is 5. The van der Waals surface area contributed by atoms with Gasteiger partial charge in [0.15, 0.2) is 6.29 Å². The second-order valence-corrected chi connectivity index (χ2v) is 4.41. The predicted octanol–water partition coefficient (Wildman–Crippen LogP) is 2.98. The highest BCUT2D eigenvalue weighted by molar-refractivity contribution is 7.81. The van der Waals surface area contributed by atoms with Crippen molar-refractivity contribution in [2.24, 2.45) is 0 Å². The Morgan fingerprint density at radius 1 is 1.20 bits per heavy atom. The van der Waals surface area contributed by atoms with Gasteiger partial charge in [-0.25, -0.2) is 0 Å². The Balaban J connectivity index is 0. The van der Waals surface area contributed by atoms with Crippen LogP contribution in [0.25, 0.3) is 0 Å². The summed E-state index contributed by atoms with van der Waals surface area (Å²) in [4.78, 5) is 10.1. The third-order valence-corrected chi connectivity index (χ3v) is 2.29. The molecule has 0 aliphatic rings. The number of hydrogen-bond donors (Lipinski definition) is 1. The number of thiol groups is 1. The molecule has 0 N–H and O–H groups in total. The summed E-state index contributed by atoms with van der Waals surface area (Å²) >= 11 is 3.95. The summed E-state index contributed by atoms with van der Waals surface area (Å²) in [5, 5.41) is 7.92. The van der Waals surface area contributed by atoms with Crippen molar-refractivity contribution in [3.8, 4) is 17.9 Å². The highest BCUT2D eigenvalue weighted by atomic mass is 32.1. The van der Waals surface area contributed by atoms with Gasteiger partial charge in [-0.1, -0.05) is 0 Å². The lowest BCUT2D eigenvalue weighted by Gasteiger charge is -2.09. The molecule has 0 aromatic carbocycles. The minimum Gasteiger partial charge on any atom is -0.353 e. The summed E-state index contributed by atoms with van der Waals surface area (Å²) in [5.74, 6) is 5.70. The lowest BCUT2D eigenvalue weighted by atomic mass is 10.2. The van der Waals surface area contributed by atoms with Crippen molar-refractivity contribution >= 4 is 18.9 Å². The standard InChI is InChI=1S/C9H11NOS.C6H14O2/c10-7-5-3-1-2-4-6-9(12)8-11;1-4-7-6(3)8-5-2/h8-9,12H,1,3,5-6H2;6H,4-5H2,1-3H3. The second kappa shape index (κ2) is 18.0. The van der Waals surface area contributed by atoms with E-state index in [0.717, 1.165) is 32.3 Å². The Bertz CT molecular complexity index is 311. The molecule has 0 radical (unpaired) electrons. The van der Waals surface area contributed by atoms with E-state index in [4.69, 9.17) is 14.7 Å². The van der Waals surface area contributed by atoms with E-state index in [-0.39, 0.29) is 11.5 Å². The van der Waals surface area contributed by atoms with Crippen LogP contribution in [0.5, 0.6) is 0 Å². The molecule has 0 saturated carbocycles. The van der Waals surface area contributed by atoms with E-state index in [1.165, 1.54) is 0 Å². The van der Waals surface area contributed by atoms with Crippen LogP contribution in [0, 0.1) is 23.2 Å². The number of nitriles is 1. The van der Waals surface area contributed by atoms with Gasteiger partial charge in [0.2, 0.25) is 0 Å². The van der Waals surface area contributed by atoms with Crippen molar-refractivity contribution in [3.05, 3.63) is 0 Å². The first-order valence-corrected chi connectivity index (χ1v) is 7.33. The Morgan fingerprint density at radius 3 is 2.25 bits per heavy atom. The third kappa shape index (κ3) is 19.3. The number of ether oxygens (including phenoxy) is 2. The van der Waals surface area contributed by atoms with E-state index in [0.29, 0.717) is 12.8 Å². The number of aldehydes is 1. The van der Waals surface area contributed by atoms with Gasteiger partial charge in [0.05, 0.1) is 11.3 Å². The zero-order valence-electron chi connectivity index (χ0n) is 12.6. The van der Waals surface area contributed by atoms with Crippen molar-refractivity contribution in [3.63, 3.8) is 0 Å². The first-order chi connectivity index (χ1) is 9.62. The molecule has 0 aliphatic carbocycles. The van der Waals surface area contributed by atoms with Crippen LogP contribution in [-0.4, -0.2) is 31.0 Å². The van der Waals surface area contributed by atoms with Crippen LogP contribution in [0.3, 0.4) is 0 Å². The Labute approximate surface area is 128 Å².